The lowest BCUT2D eigenvalue weighted by molar-refractivity contribution is -0.128. The normalized spacial score (nSPS) is 15.4. The van der Waals surface area contributed by atoms with E-state index in [0.717, 1.165) is 42.4 Å². The van der Waals surface area contributed by atoms with Crippen LogP contribution in [0.4, 0.5) is 5.69 Å². The van der Waals surface area contributed by atoms with Crippen LogP contribution in [0, 0.1) is 0 Å². The van der Waals surface area contributed by atoms with Crippen molar-refractivity contribution in [2.75, 3.05) is 11.9 Å². The number of carbonyl (C=O) groups is 2. The van der Waals surface area contributed by atoms with E-state index in [0.29, 0.717) is 18.5 Å². The van der Waals surface area contributed by atoms with Gasteiger partial charge in [-0.2, -0.15) is 0 Å². The SMILES string of the molecule is O=C(Nc1ccc2c3c(cccc13)CC2)c1ccc(CN2CCCC2=O)cc1. The molecule has 0 spiro atoms. The van der Waals surface area contributed by atoms with E-state index in [1.165, 1.54) is 16.5 Å². The van der Waals surface area contributed by atoms with Crippen molar-refractivity contribution in [3.8, 4) is 0 Å². The lowest BCUT2D eigenvalue weighted by Gasteiger charge is -2.15. The molecular formula is C24H22N2O2. The molecule has 4 nitrogen and oxygen atoms in total. The highest BCUT2D eigenvalue weighted by Gasteiger charge is 2.20. The van der Waals surface area contributed by atoms with Crippen LogP contribution in [0.3, 0.4) is 0 Å². The molecule has 1 fully saturated rings. The fourth-order valence-corrected chi connectivity index (χ4v) is 4.40. The van der Waals surface area contributed by atoms with Crippen LogP contribution in [0.5, 0.6) is 0 Å². The minimum atomic E-state index is -0.109. The van der Waals surface area contributed by atoms with Gasteiger partial charge in [-0.1, -0.05) is 36.4 Å². The third-order valence-corrected chi connectivity index (χ3v) is 5.89. The summed E-state index contributed by atoms with van der Waals surface area (Å²) in [6, 6.07) is 18.0. The fourth-order valence-electron chi connectivity index (χ4n) is 4.40. The molecule has 3 aromatic carbocycles. The highest BCUT2D eigenvalue weighted by atomic mass is 16.2. The molecule has 1 saturated heterocycles. The van der Waals surface area contributed by atoms with Crippen molar-refractivity contribution in [2.45, 2.75) is 32.2 Å². The maximum Gasteiger partial charge on any atom is 0.255 e. The van der Waals surface area contributed by atoms with Gasteiger partial charge in [-0.25, -0.2) is 0 Å². The number of aryl methyl sites for hydroxylation is 2. The Morgan fingerprint density at radius 3 is 2.46 bits per heavy atom. The number of hydrogen-bond acceptors (Lipinski definition) is 2. The van der Waals surface area contributed by atoms with Crippen LogP contribution in [0.1, 0.15) is 39.9 Å². The first-order chi connectivity index (χ1) is 13.7. The van der Waals surface area contributed by atoms with Crippen molar-refractivity contribution in [1.82, 2.24) is 4.90 Å². The molecule has 140 valence electrons. The summed E-state index contributed by atoms with van der Waals surface area (Å²) in [7, 11) is 0. The first-order valence-electron chi connectivity index (χ1n) is 9.90. The molecule has 5 rings (SSSR count). The maximum atomic E-state index is 12.8. The predicted molar refractivity (Wildman–Crippen MR) is 110 cm³/mol. The highest BCUT2D eigenvalue weighted by molar-refractivity contribution is 6.10. The zero-order valence-corrected chi connectivity index (χ0v) is 15.7. The third kappa shape index (κ3) is 2.95. The zero-order chi connectivity index (χ0) is 19.1. The van der Waals surface area contributed by atoms with Gasteiger partial charge in [-0.15, -0.1) is 0 Å². The Bertz CT molecular complexity index is 1080. The van der Waals surface area contributed by atoms with Gasteiger partial charge in [0.1, 0.15) is 0 Å². The Kier molecular flexibility index (Phi) is 4.12. The summed E-state index contributed by atoms with van der Waals surface area (Å²) in [5.41, 5.74) is 5.27. The van der Waals surface area contributed by atoms with Crippen LogP contribution < -0.4 is 5.32 Å². The van der Waals surface area contributed by atoms with E-state index in [1.807, 2.05) is 35.2 Å². The van der Waals surface area contributed by atoms with Crippen LogP contribution in [0.2, 0.25) is 0 Å². The molecule has 0 saturated carbocycles. The number of anilines is 1. The van der Waals surface area contributed by atoms with Crippen molar-refractivity contribution >= 4 is 28.3 Å². The lowest BCUT2D eigenvalue weighted by atomic mass is 10.0. The van der Waals surface area contributed by atoms with Crippen LogP contribution in [0.15, 0.2) is 54.6 Å². The number of benzene rings is 3. The summed E-state index contributed by atoms with van der Waals surface area (Å²) in [6.45, 7) is 1.45. The standard InChI is InChI=1S/C24H22N2O2/c27-22-5-2-14-26(22)15-16-6-8-19(9-7-16)24(28)25-21-13-12-18-11-10-17-3-1-4-20(21)23(17)18/h1,3-4,6-9,12-13H,2,5,10-11,14-15H2,(H,25,28). The van der Waals surface area contributed by atoms with Crippen LogP contribution in [0.25, 0.3) is 10.8 Å². The van der Waals surface area contributed by atoms with Crippen molar-refractivity contribution in [1.29, 1.82) is 0 Å². The first-order valence-corrected chi connectivity index (χ1v) is 9.90. The smallest absolute Gasteiger partial charge is 0.255 e. The van der Waals surface area contributed by atoms with Gasteiger partial charge in [0.25, 0.3) is 5.91 Å². The molecule has 3 aromatic rings. The molecule has 1 heterocycles. The number of rotatable bonds is 4. The van der Waals surface area contributed by atoms with Gasteiger partial charge in [0.05, 0.1) is 0 Å². The van der Waals surface area contributed by atoms with Gasteiger partial charge >= 0.3 is 0 Å². The number of amides is 2. The highest BCUT2D eigenvalue weighted by Crippen LogP contribution is 2.35. The molecule has 28 heavy (non-hydrogen) atoms. The molecule has 0 atom stereocenters. The van der Waals surface area contributed by atoms with Crippen LogP contribution in [-0.2, 0) is 24.2 Å². The van der Waals surface area contributed by atoms with Gasteiger partial charge in [0.2, 0.25) is 5.91 Å². The average Bonchev–Trinajstić information content (AvgIpc) is 3.32. The van der Waals surface area contributed by atoms with Crippen molar-refractivity contribution in [3.63, 3.8) is 0 Å². The molecule has 0 radical (unpaired) electrons. The molecule has 4 heteroatoms. The van der Waals surface area contributed by atoms with Crippen molar-refractivity contribution in [2.24, 2.45) is 0 Å². The van der Waals surface area contributed by atoms with Gasteiger partial charge in [-0.05, 0) is 59.5 Å². The third-order valence-electron chi connectivity index (χ3n) is 5.89. The number of nitrogens with zero attached hydrogens (tertiary/aromatic N) is 1. The Balaban J connectivity index is 1.35. The maximum absolute atomic E-state index is 12.8. The van der Waals surface area contributed by atoms with Crippen LogP contribution in [-0.4, -0.2) is 23.3 Å². The minimum Gasteiger partial charge on any atom is -0.338 e. The molecular weight excluding hydrogens is 348 g/mol. The summed E-state index contributed by atoms with van der Waals surface area (Å²) < 4.78 is 0. The second kappa shape index (κ2) is 6.79. The predicted octanol–water partition coefficient (Wildman–Crippen LogP) is 4.31. The minimum absolute atomic E-state index is 0.109. The van der Waals surface area contributed by atoms with Gasteiger partial charge in [0.15, 0.2) is 0 Å². The summed E-state index contributed by atoms with van der Waals surface area (Å²) in [5, 5.41) is 5.49. The molecule has 1 N–H and O–H groups in total. The Labute approximate surface area is 164 Å². The van der Waals surface area contributed by atoms with E-state index in [-0.39, 0.29) is 11.8 Å². The summed E-state index contributed by atoms with van der Waals surface area (Å²) in [4.78, 5) is 26.4. The quantitative estimate of drug-likeness (QED) is 0.744. The van der Waals surface area contributed by atoms with Crippen LogP contribution >= 0.6 is 0 Å². The molecule has 0 bridgehead atoms. The largest absolute Gasteiger partial charge is 0.338 e. The fraction of sp³-hybridized carbons (Fsp3) is 0.250. The molecule has 1 aliphatic heterocycles. The molecule has 0 unspecified atom stereocenters. The average molecular weight is 370 g/mol. The van der Waals surface area contributed by atoms with Gasteiger partial charge in [-0.3, -0.25) is 9.59 Å². The molecule has 1 aliphatic carbocycles. The van der Waals surface area contributed by atoms with E-state index in [2.05, 4.69) is 29.6 Å². The summed E-state index contributed by atoms with van der Waals surface area (Å²) in [5.74, 6) is 0.108. The van der Waals surface area contributed by atoms with E-state index in [4.69, 9.17) is 0 Å². The van der Waals surface area contributed by atoms with Gasteiger partial charge < -0.3 is 10.2 Å². The first kappa shape index (κ1) is 17.0. The molecule has 2 amide bonds. The molecule has 0 aromatic heterocycles. The second-order valence-electron chi connectivity index (χ2n) is 7.68. The second-order valence-corrected chi connectivity index (χ2v) is 7.68. The van der Waals surface area contributed by atoms with E-state index >= 15 is 0 Å². The summed E-state index contributed by atoms with van der Waals surface area (Å²) >= 11 is 0. The topological polar surface area (TPSA) is 49.4 Å². The monoisotopic (exact) mass is 370 g/mol. The Morgan fingerprint density at radius 1 is 0.929 bits per heavy atom. The number of carbonyl (C=O) groups excluding carboxylic acids is 2. The van der Waals surface area contributed by atoms with Gasteiger partial charge in [0, 0.05) is 36.1 Å². The summed E-state index contributed by atoms with van der Waals surface area (Å²) in [6.07, 6.45) is 3.73. The Morgan fingerprint density at radius 2 is 1.71 bits per heavy atom. The van der Waals surface area contributed by atoms with E-state index in [9.17, 15) is 9.59 Å². The lowest BCUT2D eigenvalue weighted by Crippen LogP contribution is -2.23. The van der Waals surface area contributed by atoms with Crippen molar-refractivity contribution in [3.05, 3.63) is 76.9 Å². The number of nitrogens with one attached hydrogen (secondary N) is 1. The Hall–Kier alpha value is -3.14. The van der Waals surface area contributed by atoms with E-state index < -0.39 is 0 Å². The van der Waals surface area contributed by atoms with E-state index in [1.54, 1.807) is 0 Å². The molecule has 2 aliphatic rings. The number of hydrogen-bond donors (Lipinski definition) is 1. The zero-order valence-electron chi connectivity index (χ0n) is 15.7. The van der Waals surface area contributed by atoms with Crippen molar-refractivity contribution < 1.29 is 9.59 Å². The number of likely N-dealkylation sites (tertiary alicyclic amines) is 1.